The van der Waals surface area contributed by atoms with Gasteiger partial charge in [-0.2, -0.15) is 4.68 Å². The van der Waals surface area contributed by atoms with Crippen LogP contribution in [0.5, 0.6) is 5.75 Å². The number of amides is 1. The number of halogens is 2. The zero-order valence-electron chi connectivity index (χ0n) is 21.0. The number of aromatic amines is 1. The Kier molecular flexibility index (Phi) is 5.72. The minimum atomic E-state index is -0.307. The number of benzene rings is 2. The van der Waals surface area contributed by atoms with E-state index in [4.69, 9.17) is 27.9 Å². The Morgan fingerprint density at radius 1 is 1.02 bits per heavy atom. The van der Waals surface area contributed by atoms with Gasteiger partial charge in [-0.1, -0.05) is 29.3 Å². The van der Waals surface area contributed by atoms with Crippen molar-refractivity contribution in [3.8, 4) is 33.8 Å². The van der Waals surface area contributed by atoms with Gasteiger partial charge in [-0.05, 0) is 65.2 Å². The number of imidazole rings is 1. The normalized spacial score (nSPS) is 16.1. The van der Waals surface area contributed by atoms with Gasteiger partial charge in [-0.3, -0.25) is 9.59 Å². The molecule has 11 nitrogen and oxygen atoms in total. The number of hydrogen-bond donors (Lipinski definition) is 1. The summed E-state index contributed by atoms with van der Waals surface area (Å²) in [5.74, 6) is 1.07. The van der Waals surface area contributed by atoms with E-state index >= 15 is 0 Å². The Labute approximate surface area is 236 Å². The molecule has 13 heteroatoms. The summed E-state index contributed by atoms with van der Waals surface area (Å²) in [5, 5.41) is 12.3. The number of carbonyl (C=O) groups excluding carboxylic acids is 1. The smallest absolute Gasteiger partial charge is 0.264 e. The highest BCUT2D eigenvalue weighted by atomic mass is 35.5. The zero-order valence-corrected chi connectivity index (χ0v) is 22.5. The molecule has 1 amide bonds. The van der Waals surface area contributed by atoms with Crippen molar-refractivity contribution in [2.24, 2.45) is 0 Å². The number of tetrazole rings is 1. The summed E-state index contributed by atoms with van der Waals surface area (Å²) in [4.78, 5) is 35.0. The van der Waals surface area contributed by atoms with Gasteiger partial charge in [0.25, 0.3) is 11.5 Å². The fraction of sp³-hybridized carbons (Fsp3) is 0.185. The van der Waals surface area contributed by atoms with Gasteiger partial charge in [-0.25, -0.2) is 4.98 Å². The van der Waals surface area contributed by atoms with E-state index in [1.165, 1.54) is 11.0 Å². The van der Waals surface area contributed by atoms with Crippen molar-refractivity contribution in [1.82, 2.24) is 34.7 Å². The predicted molar refractivity (Wildman–Crippen MR) is 148 cm³/mol. The third-order valence-electron chi connectivity index (χ3n) is 7.33. The third-order valence-corrected chi connectivity index (χ3v) is 7.84. The van der Waals surface area contributed by atoms with Crippen LogP contribution >= 0.6 is 23.2 Å². The fourth-order valence-electron chi connectivity index (χ4n) is 5.37. The van der Waals surface area contributed by atoms with Gasteiger partial charge in [0.2, 0.25) is 0 Å². The van der Waals surface area contributed by atoms with Crippen LogP contribution in [0.25, 0.3) is 28.1 Å². The van der Waals surface area contributed by atoms with E-state index in [-0.39, 0.29) is 24.1 Å². The molecule has 3 aromatic heterocycles. The number of H-pyrrole nitrogens is 1. The molecule has 0 unspecified atom stereocenters. The number of nitrogens with zero attached hydrogens (tertiary/aromatic N) is 7. The van der Waals surface area contributed by atoms with Crippen molar-refractivity contribution < 1.29 is 9.53 Å². The molecule has 0 spiro atoms. The van der Waals surface area contributed by atoms with Gasteiger partial charge in [0, 0.05) is 35.0 Å². The van der Waals surface area contributed by atoms with Crippen molar-refractivity contribution in [3.05, 3.63) is 86.9 Å². The minimum Gasteiger partial charge on any atom is -0.482 e. The number of likely N-dealkylation sites (N-methyl/N-ethyl adjacent to an activating group) is 1. The van der Waals surface area contributed by atoms with E-state index in [2.05, 4.69) is 25.5 Å². The molecule has 5 heterocycles. The molecular formula is C27H20Cl2N8O3. The molecule has 0 saturated carbocycles. The van der Waals surface area contributed by atoms with Crippen molar-refractivity contribution in [3.63, 3.8) is 0 Å². The molecule has 0 aliphatic carbocycles. The van der Waals surface area contributed by atoms with Crippen molar-refractivity contribution in [2.45, 2.75) is 18.9 Å². The SMILES string of the molecule is CN1C(=O)COc2cc(-c3[nH]c([C@@H]4CCc5cc(-c6cc(Cl)ccc6-n6cnnn6)cc(=O)n54)nc3Cl)ccc21. The van der Waals surface area contributed by atoms with E-state index in [0.717, 1.165) is 22.4 Å². The number of fused-ring (bicyclic) bond motifs is 2. The molecule has 0 bridgehead atoms. The second-order valence-electron chi connectivity index (χ2n) is 9.63. The summed E-state index contributed by atoms with van der Waals surface area (Å²) in [7, 11) is 1.71. The second-order valence-corrected chi connectivity index (χ2v) is 10.4. The first-order valence-electron chi connectivity index (χ1n) is 12.5. The van der Waals surface area contributed by atoms with Crippen molar-refractivity contribution in [2.75, 3.05) is 18.6 Å². The van der Waals surface area contributed by atoms with Gasteiger partial charge in [0.1, 0.15) is 17.9 Å². The van der Waals surface area contributed by atoms with E-state index in [0.29, 0.717) is 51.7 Å². The first-order chi connectivity index (χ1) is 19.4. The van der Waals surface area contributed by atoms with Crippen LogP contribution in [0.15, 0.2) is 59.7 Å². The molecule has 40 heavy (non-hydrogen) atoms. The molecule has 200 valence electrons. The minimum absolute atomic E-state index is 0.0227. The first-order valence-corrected chi connectivity index (χ1v) is 13.2. The average Bonchev–Trinajstić information content (AvgIpc) is 3.71. The van der Waals surface area contributed by atoms with E-state index in [1.807, 2.05) is 30.3 Å². The highest BCUT2D eigenvalue weighted by molar-refractivity contribution is 6.32. The fourth-order valence-corrected chi connectivity index (χ4v) is 5.79. The zero-order chi connectivity index (χ0) is 27.5. The Balaban J connectivity index is 1.25. The summed E-state index contributed by atoms with van der Waals surface area (Å²) < 4.78 is 8.91. The molecule has 2 aliphatic heterocycles. The van der Waals surface area contributed by atoms with Crippen LogP contribution in [0.3, 0.4) is 0 Å². The monoisotopic (exact) mass is 574 g/mol. The topological polar surface area (TPSA) is 124 Å². The average molecular weight is 575 g/mol. The van der Waals surface area contributed by atoms with Gasteiger partial charge < -0.3 is 19.2 Å². The van der Waals surface area contributed by atoms with E-state index in [1.54, 1.807) is 34.7 Å². The summed E-state index contributed by atoms with van der Waals surface area (Å²) in [5.41, 5.74) is 4.95. The van der Waals surface area contributed by atoms with Crippen LogP contribution < -0.4 is 15.2 Å². The Morgan fingerprint density at radius 3 is 2.70 bits per heavy atom. The Bertz CT molecular complexity index is 1860. The van der Waals surface area contributed by atoms with Gasteiger partial charge in [-0.15, -0.1) is 5.10 Å². The van der Waals surface area contributed by atoms with Gasteiger partial charge in [0.15, 0.2) is 11.8 Å². The van der Waals surface area contributed by atoms with Crippen LogP contribution in [-0.4, -0.2) is 54.3 Å². The number of ether oxygens (including phenoxy) is 1. The molecule has 0 saturated heterocycles. The van der Waals surface area contributed by atoms with Crippen LogP contribution in [0.2, 0.25) is 10.2 Å². The lowest BCUT2D eigenvalue weighted by molar-refractivity contribution is -0.120. The predicted octanol–water partition coefficient (Wildman–Crippen LogP) is 4.08. The van der Waals surface area contributed by atoms with E-state index in [9.17, 15) is 9.59 Å². The lowest BCUT2D eigenvalue weighted by Gasteiger charge is -2.26. The lowest BCUT2D eigenvalue weighted by atomic mass is 10.0. The summed E-state index contributed by atoms with van der Waals surface area (Å²) in [6.07, 6.45) is 2.85. The number of anilines is 1. The molecule has 5 aromatic rings. The first kappa shape index (κ1) is 24.6. The van der Waals surface area contributed by atoms with Crippen LogP contribution in [-0.2, 0) is 11.2 Å². The van der Waals surface area contributed by atoms with Gasteiger partial charge in [0.05, 0.1) is 23.1 Å². The van der Waals surface area contributed by atoms with Crippen molar-refractivity contribution in [1.29, 1.82) is 0 Å². The Morgan fingerprint density at radius 2 is 1.88 bits per heavy atom. The Hall–Kier alpha value is -4.48. The highest BCUT2D eigenvalue weighted by Gasteiger charge is 2.30. The largest absolute Gasteiger partial charge is 0.482 e. The van der Waals surface area contributed by atoms with Crippen LogP contribution in [0.4, 0.5) is 5.69 Å². The molecule has 0 fully saturated rings. The number of pyridine rings is 1. The molecule has 2 aliphatic rings. The molecule has 7 rings (SSSR count). The van der Waals surface area contributed by atoms with Crippen molar-refractivity contribution >= 4 is 34.8 Å². The highest BCUT2D eigenvalue weighted by Crippen LogP contribution is 2.39. The number of nitrogens with one attached hydrogen (secondary N) is 1. The number of rotatable bonds is 4. The molecule has 1 N–H and O–H groups in total. The summed E-state index contributed by atoms with van der Waals surface area (Å²) in [6, 6.07) is 14.1. The third kappa shape index (κ3) is 3.97. The summed E-state index contributed by atoms with van der Waals surface area (Å²) in [6.45, 7) is -0.0227. The molecule has 2 aromatic carbocycles. The number of aryl methyl sites for hydroxylation is 1. The maximum absolute atomic E-state index is 13.5. The maximum atomic E-state index is 13.5. The number of carbonyl (C=O) groups is 1. The lowest BCUT2D eigenvalue weighted by Crippen LogP contribution is -2.35. The standard InChI is InChI=1S/C27H20Cl2N8O3/c1-35-20-5-2-14(9-22(20)40-12-24(35)39)25-26(29)32-27(31-25)21-7-4-17-8-15(10-23(38)37(17)21)18-11-16(28)3-6-19(18)36-13-30-33-34-36/h2-3,5-6,8-11,13,21H,4,7,12H2,1H3,(H,31,32)/t21-/m0/s1. The summed E-state index contributed by atoms with van der Waals surface area (Å²) >= 11 is 12.9. The number of hydrogen-bond acceptors (Lipinski definition) is 7. The molecule has 0 radical (unpaired) electrons. The number of aromatic nitrogens is 7. The maximum Gasteiger partial charge on any atom is 0.264 e. The molecule has 1 atom stereocenters. The van der Waals surface area contributed by atoms with E-state index < -0.39 is 0 Å². The second kappa shape index (κ2) is 9.32. The quantitative estimate of drug-likeness (QED) is 0.343. The van der Waals surface area contributed by atoms with Crippen LogP contribution in [0, 0.1) is 0 Å². The van der Waals surface area contributed by atoms with Crippen LogP contribution in [0.1, 0.15) is 24.0 Å². The van der Waals surface area contributed by atoms with Gasteiger partial charge >= 0.3 is 0 Å². The molecular weight excluding hydrogens is 555 g/mol.